The molecule has 3 nitrogen and oxygen atoms in total. The van der Waals surface area contributed by atoms with Crippen molar-refractivity contribution in [2.45, 2.75) is 6.50 Å². The molecule has 4 aromatic rings. The van der Waals surface area contributed by atoms with Crippen molar-refractivity contribution >= 4 is 21.9 Å². The SMILES string of the molecule is [2H]C([2H])(c1ccnc2[nH]ccc12)n1ccc2ccccc21. The van der Waals surface area contributed by atoms with Crippen molar-refractivity contribution in [2.24, 2.45) is 0 Å². The van der Waals surface area contributed by atoms with Gasteiger partial charge in [0, 0.05) is 36.0 Å². The van der Waals surface area contributed by atoms with Crippen molar-refractivity contribution in [1.29, 1.82) is 0 Å². The Labute approximate surface area is 113 Å². The third-order valence-corrected chi connectivity index (χ3v) is 3.30. The van der Waals surface area contributed by atoms with E-state index in [0.717, 1.165) is 16.3 Å². The highest BCUT2D eigenvalue weighted by atomic mass is 15.0. The highest BCUT2D eigenvalue weighted by molar-refractivity contribution is 5.81. The maximum absolute atomic E-state index is 8.62. The van der Waals surface area contributed by atoms with Gasteiger partial charge in [0.25, 0.3) is 0 Å². The lowest BCUT2D eigenvalue weighted by Gasteiger charge is -2.06. The fourth-order valence-corrected chi connectivity index (χ4v) is 2.37. The Balaban J connectivity index is 1.99. The maximum Gasteiger partial charge on any atom is 0.137 e. The number of rotatable bonds is 2. The van der Waals surface area contributed by atoms with E-state index in [4.69, 9.17) is 2.74 Å². The molecule has 19 heavy (non-hydrogen) atoms. The fraction of sp³-hybridized carbons (Fsp3) is 0.0625. The summed E-state index contributed by atoms with van der Waals surface area (Å²) in [6.45, 7) is -1.65. The van der Waals surface area contributed by atoms with E-state index >= 15 is 0 Å². The first-order valence-corrected chi connectivity index (χ1v) is 6.17. The zero-order valence-corrected chi connectivity index (χ0v) is 10.2. The molecular formula is C16H13N3. The molecule has 0 amide bonds. The number of aromatic amines is 1. The van der Waals surface area contributed by atoms with E-state index < -0.39 is 6.50 Å². The Kier molecular flexibility index (Phi) is 1.79. The normalized spacial score (nSPS) is 13.7. The minimum Gasteiger partial charge on any atom is -0.346 e. The van der Waals surface area contributed by atoms with Crippen LogP contribution < -0.4 is 0 Å². The summed E-state index contributed by atoms with van der Waals surface area (Å²) in [7, 11) is 0. The van der Waals surface area contributed by atoms with Gasteiger partial charge in [-0.2, -0.15) is 0 Å². The molecule has 3 heteroatoms. The van der Waals surface area contributed by atoms with Crippen LogP contribution in [-0.2, 0) is 6.50 Å². The zero-order valence-electron chi connectivity index (χ0n) is 12.2. The van der Waals surface area contributed by atoms with Gasteiger partial charge < -0.3 is 9.55 Å². The van der Waals surface area contributed by atoms with Crippen LogP contribution in [0.5, 0.6) is 0 Å². The molecule has 0 saturated heterocycles. The first-order valence-electron chi connectivity index (χ1n) is 7.17. The first-order chi connectivity index (χ1) is 10.2. The second-order valence-electron chi connectivity index (χ2n) is 4.45. The molecule has 0 aliphatic carbocycles. The van der Waals surface area contributed by atoms with Crippen molar-refractivity contribution in [2.75, 3.05) is 0 Å². The molecule has 1 N–H and O–H groups in total. The Morgan fingerprint density at radius 3 is 3.11 bits per heavy atom. The molecule has 3 heterocycles. The third-order valence-electron chi connectivity index (χ3n) is 3.30. The Bertz CT molecular complexity index is 937. The van der Waals surface area contributed by atoms with Gasteiger partial charge in [0.2, 0.25) is 0 Å². The third kappa shape index (κ3) is 1.63. The highest BCUT2D eigenvalue weighted by Gasteiger charge is 2.05. The Morgan fingerprint density at radius 1 is 1.16 bits per heavy atom. The summed E-state index contributed by atoms with van der Waals surface area (Å²) < 4.78 is 18.9. The van der Waals surface area contributed by atoms with E-state index in [1.54, 1.807) is 29.2 Å². The maximum atomic E-state index is 8.62. The number of benzene rings is 1. The van der Waals surface area contributed by atoms with E-state index in [2.05, 4.69) is 9.97 Å². The molecule has 0 unspecified atom stereocenters. The van der Waals surface area contributed by atoms with Crippen molar-refractivity contribution < 1.29 is 2.74 Å². The molecule has 0 saturated carbocycles. The molecule has 0 aliphatic heterocycles. The number of nitrogens with one attached hydrogen (secondary N) is 1. The summed E-state index contributed by atoms with van der Waals surface area (Å²) >= 11 is 0. The number of aromatic nitrogens is 3. The Morgan fingerprint density at radius 2 is 2.11 bits per heavy atom. The van der Waals surface area contributed by atoms with Gasteiger partial charge in [-0.05, 0) is 35.2 Å². The lowest BCUT2D eigenvalue weighted by Crippen LogP contribution is -1.98. The van der Waals surface area contributed by atoms with Crippen LogP contribution in [0.15, 0.2) is 61.1 Å². The van der Waals surface area contributed by atoms with Crippen LogP contribution in [0.1, 0.15) is 8.30 Å². The summed E-state index contributed by atoms with van der Waals surface area (Å²) in [5.41, 5.74) is 2.19. The second kappa shape index (κ2) is 3.99. The van der Waals surface area contributed by atoms with Crippen molar-refractivity contribution in [3.8, 4) is 0 Å². The molecule has 92 valence electrons. The van der Waals surface area contributed by atoms with Crippen LogP contribution in [0.25, 0.3) is 21.9 Å². The topological polar surface area (TPSA) is 33.6 Å². The number of hydrogen-bond acceptors (Lipinski definition) is 1. The number of fused-ring (bicyclic) bond motifs is 2. The predicted octanol–water partition coefficient (Wildman–Crippen LogP) is 3.57. The van der Waals surface area contributed by atoms with Gasteiger partial charge in [-0.1, -0.05) is 18.2 Å². The fourth-order valence-electron chi connectivity index (χ4n) is 2.37. The van der Waals surface area contributed by atoms with Gasteiger partial charge in [0.1, 0.15) is 5.65 Å². The summed E-state index contributed by atoms with van der Waals surface area (Å²) in [5, 5.41) is 1.83. The number of hydrogen-bond donors (Lipinski definition) is 1. The number of H-pyrrole nitrogens is 1. The van der Waals surface area contributed by atoms with Crippen LogP contribution in [0.2, 0.25) is 0 Å². The van der Waals surface area contributed by atoms with Crippen LogP contribution in [0.3, 0.4) is 0 Å². The molecule has 0 aliphatic rings. The lowest BCUT2D eigenvalue weighted by atomic mass is 10.2. The number of para-hydroxylation sites is 1. The number of nitrogens with zero attached hydrogens (tertiary/aromatic N) is 2. The van der Waals surface area contributed by atoms with E-state index in [0.29, 0.717) is 11.2 Å². The molecule has 0 atom stereocenters. The van der Waals surface area contributed by atoms with Crippen LogP contribution >= 0.6 is 0 Å². The summed E-state index contributed by atoms with van der Waals surface area (Å²) in [5.74, 6) is 0. The van der Waals surface area contributed by atoms with Gasteiger partial charge in [-0.25, -0.2) is 4.98 Å². The molecule has 3 aromatic heterocycles. The molecule has 1 aromatic carbocycles. The molecule has 0 spiro atoms. The van der Waals surface area contributed by atoms with Gasteiger partial charge in [-0.3, -0.25) is 0 Å². The Hall–Kier alpha value is -2.55. The first kappa shape index (κ1) is 8.53. The quantitative estimate of drug-likeness (QED) is 0.579. The summed E-state index contributed by atoms with van der Waals surface area (Å²) in [4.78, 5) is 7.26. The monoisotopic (exact) mass is 249 g/mol. The van der Waals surface area contributed by atoms with Gasteiger partial charge in [-0.15, -0.1) is 0 Å². The van der Waals surface area contributed by atoms with Gasteiger partial charge in [0.05, 0.1) is 2.74 Å². The van der Waals surface area contributed by atoms with Crippen molar-refractivity contribution in [3.05, 3.63) is 66.6 Å². The van der Waals surface area contributed by atoms with Crippen molar-refractivity contribution in [3.63, 3.8) is 0 Å². The smallest absolute Gasteiger partial charge is 0.137 e. The number of pyridine rings is 1. The largest absolute Gasteiger partial charge is 0.346 e. The molecular weight excluding hydrogens is 234 g/mol. The van der Waals surface area contributed by atoms with Crippen LogP contribution in [-0.4, -0.2) is 14.5 Å². The van der Waals surface area contributed by atoms with E-state index in [-0.39, 0.29) is 0 Å². The molecule has 0 radical (unpaired) electrons. The molecule has 4 rings (SSSR count). The summed E-state index contributed by atoms with van der Waals surface area (Å²) in [6.07, 6.45) is 5.21. The lowest BCUT2D eigenvalue weighted by molar-refractivity contribution is 0.842. The molecule has 0 fully saturated rings. The zero-order chi connectivity index (χ0) is 14.4. The van der Waals surface area contributed by atoms with Crippen LogP contribution in [0, 0.1) is 0 Å². The minimum absolute atomic E-state index is 0.607. The van der Waals surface area contributed by atoms with E-state index in [1.165, 1.54) is 0 Å². The average Bonchev–Trinajstić information content (AvgIpc) is 3.13. The standard InChI is InChI=1S/C16H13N3/c1-2-4-15-12(3-1)7-10-19(15)11-13-5-8-17-16-14(13)6-9-18-16/h1-10H,11H2,(H,17,18)/i11D2. The van der Waals surface area contributed by atoms with E-state index in [1.807, 2.05) is 36.4 Å². The van der Waals surface area contributed by atoms with Crippen molar-refractivity contribution in [1.82, 2.24) is 14.5 Å². The average molecular weight is 249 g/mol. The van der Waals surface area contributed by atoms with E-state index in [9.17, 15) is 0 Å². The van der Waals surface area contributed by atoms with Gasteiger partial charge >= 0.3 is 0 Å². The highest BCUT2D eigenvalue weighted by Crippen LogP contribution is 2.20. The predicted molar refractivity (Wildman–Crippen MR) is 77.1 cm³/mol. The minimum atomic E-state index is -1.65. The second-order valence-corrected chi connectivity index (χ2v) is 4.45. The van der Waals surface area contributed by atoms with Gasteiger partial charge in [0.15, 0.2) is 0 Å². The van der Waals surface area contributed by atoms with Crippen LogP contribution in [0.4, 0.5) is 0 Å². The summed E-state index contributed by atoms with van der Waals surface area (Å²) in [6, 6.07) is 13.3. The molecule has 0 bridgehead atoms.